The van der Waals surface area contributed by atoms with E-state index in [-0.39, 0.29) is 10.8 Å². The van der Waals surface area contributed by atoms with Crippen molar-refractivity contribution in [2.75, 3.05) is 10.0 Å². The second-order valence-corrected chi connectivity index (χ2v) is 10.1. The second kappa shape index (κ2) is 9.85. The van der Waals surface area contributed by atoms with Gasteiger partial charge >= 0.3 is 0 Å². The van der Waals surface area contributed by atoms with E-state index in [2.05, 4.69) is 10.0 Å². The van der Waals surface area contributed by atoms with Crippen molar-refractivity contribution in [3.05, 3.63) is 81.9 Å². The number of nitrogens with one attached hydrogen (secondary N) is 2. The Bertz CT molecular complexity index is 1270. The summed E-state index contributed by atoms with van der Waals surface area (Å²) in [6.07, 6.45) is -0.764. The Morgan fingerprint density at radius 2 is 1.42 bits per heavy atom. The van der Waals surface area contributed by atoms with E-state index in [0.29, 0.717) is 22.1 Å². The van der Waals surface area contributed by atoms with Crippen LogP contribution in [0, 0.1) is 27.7 Å². The minimum Gasteiger partial charge on any atom is -0.481 e. The molecule has 0 bridgehead atoms. The van der Waals surface area contributed by atoms with Gasteiger partial charge in [-0.25, -0.2) is 8.42 Å². The van der Waals surface area contributed by atoms with E-state index in [0.717, 1.165) is 22.3 Å². The summed E-state index contributed by atoms with van der Waals surface area (Å²) in [7, 11) is -3.76. The summed E-state index contributed by atoms with van der Waals surface area (Å²) in [6.45, 7) is 9.27. The van der Waals surface area contributed by atoms with Crippen LogP contribution in [-0.2, 0) is 14.8 Å². The molecule has 0 radical (unpaired) electrons. The molecule has 174 valence electrons. The summed E-state index contributed by atoms with van der Waals surface area (Å²) >= 11 is 6.18. The Morgan fingerprint density at radius 3 is 2.00 bits per heavy atom. The first-order valence-corrected chi connectivity index (χ1v) is 12.3. The maximum absolute atomic E-state index is 12.7. The largest absolute Gasteiger partial charge is 0.481 e. The first-order chi connectivity index (χ1) is 15.5. The summed E-state index contributed by atoms with van der Waals surface area (Å²) in [5, 5.41) is 3.41. The van der Waals surface area contributed by atoms with Crippen molar-refractivity contribution in [2.45, 2.75) is 45.6 Å². The van der Waals surface area contributed by atoms with Crippen molar-refractivity contribution in [3.8, 4) is 5.75 Å². The van der Waals surface area contributed by atoms with Crippen LogP contribution in [0.5, 0.6) is 5.75 Å². The normalized spacial score (nSPS) is 12.2. The van der Waals surface area contributed by atoms with E-state index in [1.54, 1.807) is 31.2 Å². The number of ether oxygens (including phenoxy) is 1. The highest BCUT2D eigenvalue weighted by Crippen LogP contribution is 2.27. The molecule has 0 aliphatic carbocycles. The van der Waals surface area contributed by atoms with Crippen LogP contribution in [-0.4, -0.2) is 20.4 Å². The molecular formula is C25H27ClN2O4S. The van der Waals surface area contributed by atoms with Crippen LogP contribution in [0.15, 0.2) is 59.5 Å². The number of sulfonamides is 1. The van der Waals surface area contributed by atoms with E-state index < -0.39 is 16.1 Å². The molecule has 0 aliphatic heterocycles. The molecule has 0 spiro atoms. The number of halogens is 1. The zero-order chi connectivity index (χ0) is 24.3. The SMILES string of the molecule is Cc1ccc(NS(=O)(=O)c2ccc(NC(=O)[C@@H](C)Oc3cc(C)c(Cl)c(C)c3)cc2)cc1C. The molecule has 0 saturated heterocycles. The highest BCUT2D eigenvalue weighted by atomic mass is 35.5. The maximum Gasteiger partial charge on any atom is 0.265 e. The van der Waals surface area contributed by atoms with Crippen molar-refractivity contribution < 1.29 is 17.9 Å². The monoisotopic (exact) mass is 486 g/mol. The minimum absolute atomic E-state index is 0.0927. The van der Waals surface area contributed by atoms with E-state index in [4.69, 9.17) is 16.3 Å². The molecule has 3 aromatic carbocycles. The van der Waals surface area contributed by atoms with Gasteiger partial charge in [-0.15, -0.1) is 0 Å². The number of anilines is 2. The Kier molecular flexibility index (Phi) is 7.34. The predicted octanol–water partition coefficient (Wildman–Crippen LogP) is 5.78. The summed E-state index contributed by atoms with van der Waals surface area (Å²) in [4.78, 5) is 12.6. The summed E-state index contributed by atoms with van der Waals surface area (Å²) in [5.41, 5.74) is 4.76. The average Bonchev–Trinajstić information content (AvgIpc) is 2.74. The molecule has 3 rings (SSSR count). The summed E-state index contributed by atoms with van der Waals surface area (Å²) in [6, 6.07) is 14.9. The van der Waals surface area contributed by atoms with Crippen molar-refractivity contribution in [2.24, 2.45) is 0 Å². The van der Waals surface area contributed by atoms with E-state index in [9.17, 15) is 13.2 Å². The lowest BCUT2D eigenvalue weighted by Crippen LogP contribution is -2.30. The molecule has 0 aromatic heterocycles. The Morgan fingerprint density at radius 1 is 0.848 bits per heavy atom. The maximum atomic E-state index is 12.7. The highest BCUT2D eigenvalue weighted by Gasteiger charge is 2.18. The van der Waals surface area contributed by atoms with Gasteiger partial charge < -0.3 is 10.1 Å². The number of carbonyl (C=O) groups is 1. The van der Waals surface area contributed by atoms with Crippen LogP contribution in [0.2, 0.25) is 5.02 Å². The smallest absolute Gasteiger partial charge is 0.265 e. The molecule has 1 amide bonds. The fourth-order valence-corrected chi connectivity index (χ4v) is 4.37. The van der Waals surface area contributed by atoms with Crippen LogP contribution in [0.3, 0.4) is 0 Å². The number of rotatable bonds is 7. The van der Waals surface area contributed by atoms with E-state index in [1.165, 1.54) is 24.3 Å². The average molecular weight is 487 g/mol. The fraction of sp³-hybridized carbons (Fsp3) is 0.240. The number of hydrogen-bond acceptors (Lipinski definition) is 4. The van der Waals surface area contributed by atoms with E-state index >= 15 is 0 Å². The topological polar surface area (TPSA) is 84.5 Å². The Labute approximate surface area is 200 Å². The zero-order valence-electron chi connectivity index (χ0n) is 19.2. The number of benzene rings is 3. The molecule has 33 heavy (non-hydrogen) atoms. The Hall–Kier alpha value is -3.03. The molecule has 0 fully saturated rings. The lowest BCUT2D eigenvalue weighted by atomic mass is 10.1. The van der Waals surface area contributed by atoms with E-state index in [1.807, 2.05) is 33.8 Å². The third-order valence-corrected chi connectivity index (χ3v) is 7.28. The second-order valence-electron chi connectivity index (χ2n) is 8.05. The van der Waals surface area contributed by atoms with Gasteiger partial charge in [0.2, 0.25) is 0 Å². The fourth-order valence-electron chi connectivity index (χ4n) is 3.21. The molecular weight excluding hydrogens is 460 g/mol. The Balaban J connectivity index is 1.65. The van der Waals surface area contributed by atoms with Gasteiger partial charge in [0.1, 0.15) is 5.75 Å². The third kappa shape index (κ3) is 6.06. The lowest BCUT2D eigenvalue weighted by Gasteiger charge is -2.16. The minimum atomic E-state index is -3.76. The molecule has 0 heterocycles. The van der Waals surface area contributed by atoms with Gasteiger partial charge in [0.25, 0.3) is 15.9 Å². The third-order valence-electron chi connectivity index (χ3n) is 5.28. The lowest BCUT2D eigenvalue weighted by molar-refractivity contribution is -0.122. The standard InChI is InChI=1S/C25H27ClN2O4S/c1-15-6-7-21(12-16(15)2)28-33(30,31)23-10-8-20(9-11-23)27-25(29)19(5)32-22-13-17(3)24(26)18(4)14-22/h6-14,19,28H,1-5H3,(H,27,29)/t19-/m1/s1. The molecule has 1 atom stereocenters. The molecule has 2 N–H and O–H groups in total. The van der Waals surface area contributed by atoms with Gasteiger partial charge in [-0.2, -0.15) is 0 Å². The molecule has 0 saturated carbocycles. The van der Waals surface area contributed by atoms with Crippen LogP contribution >= 0.6 is 11.6 Å². The van der Waals surface area contributed by atoms with Crippen molar-refractivity contribution >= 4 is 38.9 Å². The van der Waals surface area contributed by atoms with Crippen LogP contribution in [0.25, 0.3) is 0 Å². The zero-order valence-corrected chi connectivity index (χ0v) is 20.8. The van der Waals surface area contributed by atoms with Crippen molar-refractivity contribution in [1.82, 2.24) is 0 Å². The van der Waals surface area contributed by atoms with Gasteiger partial charge in [0.15, 0.2) is 6.10 Å². The van der Waals surface area contributed by atoms with Gasteiger partial charge in [0, 0.05) is 16.4 Å². The van der Waals surface area contributed by atoms with Gasteiger partial charge in [0.05, 0.1) is 4.90 Å². The summed E-state index contributed by atoms with van der Waals surface area (Å²) in [5.74, 6) is 0.194. The van der Waals surface area contributed by atoms with Crippen molar-refractivity contribution in [1.29, 1.82) is 0 Å². The number of amides is 1. The van der Waals surface area contributed by atoms with Gasteiger partial charge in [-0.05, 0) is 105 Å². The quantitative estimate of drug-likeness (QED) is 0.443. The van der Waals surface area contributed by atoms with Gasteiger partial charge in [-0.1, -0.05) is 17.7 Å². The molecule has 0 unspecified atom stereocenters. The number of aryl methyl sites for hydroxylation is 4. The number of hydrogen-bond donors (Lipinski definition) is 2. The van der Waals surface area contributed by atoms with Crippen LogP contribution < -0.4 is 14.8 Å². The summed E-state index contributed by atoms with van der Waals surface area (Å²) < 4.78 is 33.7. The van der Waals surface area contributed by atoms with Crippen LogP contribution in [0.4, 0.5) is 11.4 Å². The van der Waals surface area contributed by atoms with Crippen molar-refractivity contribution in [3.63, 3.8) is 0 Å². The van der Waals surface area contributed by atoms with Crippen LogP contribution in [0.1, 0.15) is 29.2 Å². The first-order valence-electron chi connectivity index (χ1n) is 10.4. The predicted molar refractivity (Wildman–Crippen MR) is 133 cm³/mol. The highest BCUT2D eigenvalue weighted by molar-refractivity contribution is 7.92. The first kappa shape index (κ1) is 24.6. The molecule has 6 nitrogen and oxygen atoms in total. The number of carbonyl (C=O) groups excluding carboxylic acids is 1. The molecule has 0 aliphatic rings. The molecule has 8 heteroatoms. The molecule has 3 aromatic rings. The van der Waals surface area contributed by atoms with Gasteiger partial charge in [-0.3, -0.25) is 9.52 Å².